The fourth-order valence-corrected chi connectivity index (χ4v) is 8.10. The number of hydrogen-bond donors (Lipinski definition) is 3. The number of rotatable bonds is 11. The summed E-state index contributed by atoms with van der Waals surface area (Å²) in [6, 6.07) is 0. The van der Waals surface area contributed by atoms with Crippen molar-refractivity contribution in [1.82, 2.24) is 19.5 Å². The molecule has 3 rings (SSSR count). The molecule has 210 valence electrons. The van der Waals surface area contributed by atoms with Gasteiger partial charge >= 0.3 is 88.7 Å². The van der Waals surface area contributed by atoms with Gasteiger partial charge in [-0.15, -0.1) is 0 Å². The number of phosphoric ester groups is 1. The molecule has 0 bridgehead atoms. The van der Waals surface area contributed by atoms with Crippen LogP contribution in [0.1, 0.15) is 20.1 Å². The third-order valence-electron chi connectivity index (χ3n) is 5.29. The summed E-state index contributed by atoms with van der Waals surface area (Å²) in [5.41, 5.74) is 0.629. The molecule has 1 fully saturated rings. The number of alkyl halides is 2. The largest absolute Gasteiger partial charge is 1.00 e. The Morgan fingerprint density at radius 2 is 1.65 bits per heavy atom. The number of ether oxygens (including phenoxy) is 1. The van der Waals surface area contributed by atoms with Crippen molar-refractivity contribution in [2.75, 3.05) is 24.6 Å². The van der Waals surface area contributed by atoms with Crippen molar-refractivity contribution in [3.05, 3.63) is 12.7 Å². The van der Waals surface area contributed by atoms with Crippen molar-refractivity contribution in [2.45, 2.75) is 41.1 Å². The third kappa shape index (κ3) is 9.13. The van der Waals surface area contributed by atoms with Gasteiger partial charge in [0.1, 0.15) is 24.6 Å². The van der Waals surface area contributed by atoms with Crippen LogP contribution in [0.15, 0.2) is 12.7 Å². The Kier molecular flexibility index (Phi) is 17.5. The molecule has 0 radical (unpaired) electrons. The minimum absolute atomic E-state index is 0. The molecule has 1 saturated heterocycles. The summed E-state index contributed by atoms with van der Waals surface area (Å²) in [5.74, 6) is 0.522. The molecule has 1 aliphatic rings. The van der Waals surface area contributed by atoms with E-state index < -0.39 is 56.9 Å². The summed E-state index contributed by atoms with van der Waals surface area (Å²) in [6.07, 6.45) is -3.58. The van der Waals surface area contributed by atoms with Crippen LogP contribution in [0.5, 0.6) is 0 Å². The maximum Gasteiger partial charge on any atom is 1.00 e. The van der Waals surface area contributed by atoms with Crippen molar-refractivity contribution in [3.8, 4) is 0 Å². The number of halogens is 2. The molecule has 3 heterocycles. The van der Waals surface area contributed by atoms with E-state index in [9.17, 15) is 38.6 Å². The first-order chi connectivity index (χ1) is 17.0. The summed E-state index contributed by atoms with van der Waals surface area (Å²) >= 11 is 4.28. The predicted octanol–water partition coefficient (Wildman–Crippen LogP) is -9.69. The fourth-order valence-electron chi connectivity index (χ4n) is 3.40. The molecule has 0 aliphatic carbocycles. The molecular formula is C15H21Br2N5Na3O12P3. The standard InChI is InChI=1S/C15H24Br2N5O12P3.3Na/c1-3-21(4-2)12-9-13(19-6-18-12)22(7-20-9)14-11(24)10(23)8(33-14)5-32-37(30,31)34-36(28,29)15(16,17)35(25,26)27;;;/h6-8,10-11,14,23-24H,3-5H2,1-2H3,(H,28,29)(H,30,31)(H2,25,26,27);;;/q;3*+1/p-3/t8-,10-,11+,14-;;;/m1.../s1. The van der Waals surface area contributed by atoms with E-state index in [0.717, 1.165) is 0 Å². The van der Waals surface area contributed by atoms with Crippen molar-refractivity contribution >= 4 is 71.9 Å². The summed E-state index contributed by atoms with van der Waals surface area (Å²) in [6.45, 7) is 4.05. The van der Waals surface area contributed by atoms with Crippen molar-refractivity contribution < 1.29 is 146 Å². The molecule has 0 amide bonds. The first kappa shape index (κ1) is 42.6. The second kappa shape index (κ2) is 16.5. The van der Waals surface area contributed by atoms with E-state index in [0.29, 0.717) is 24.4 Å². The predicted molar refractivity (Wildman–Crippen MR) is 127 cm³/mol. The van der Waals surface area contributed by atoms with Crippen molar-refractivity contribution in [2.24, 2.45) is 0 Å². The van der Waals surface area contributed by atoms with E-state index in [1.807, 2.05) is 18.7 Å². The van der Waals surface area contributed by atoms with Crippen LogP contribution in [-0.2, 0) is 27.3 Å². The van der Waals surface area contributed by atoms with Gasteiger partial charge in [-0.25, -0.2) is 15.0 Å². The minimum atomic E-state index is -5.95. The molecule has 1 aliphatic heterocycles. The van der Waals surface area contributed by atoms with Crippen molar-refractivity contribution in [1.29, 1.82) is 0 Å². The Morgan fingerprint density at radius 3 is 2.17 bits per heavy atom. The Bertz CT molecular complexity index is 1290. The van der Waals surface area contributed by atoms with Crippen LogP contribution in [0, 0.1) is 0 Å². The number of nitrogens with zero attached hydrogens (tertiary/aromatic N) is 5. The first-order valence-electron chi connectivity index (χ1n) is 10.3. The van der Waals surface area contributed by atoms with Gasteiger partial charge < -0.3 is 53.1 Å². The quantitative estimate of drug-likeness (QED) is 0.109. The molecule has 3 unspecified atom stereocenters. The van der Waals surface area contributed by atoms with E-state index in [4.69, 9.17) is 9.63 Å². The van der Waals surface area contributed by atoms with Crippen LogP contribution in [0.2, 0.25) is 0 Å². The average Bonchev–Trinajstić information content (AvgIpc) is 3.33. The third-order valence-corrected chi connectivity index (χ3v) is 15.5. The number of imidazole rings is 1. The smallest absolute Gasteiger partial charge is 0.777 e. The van der Waals surface area contributed by atoms with Gasteiger partial charge in [0.15, 0.2) is 38.4 Å². The summed E-state index contributed by atoms with van der Waals surface area (Å²) in [5, 5.41) is 20.9. The van der Waals surface area contributed by atoms with E-state index in [1.54, 1.807) is 0 Å². The number of hydrogen-bond acceptors (Lipinski definition) is 15. The summed E-state index contributed by atoms with van der Waals surface area (Å²) < 4.78 is 47.2. The van der Waals surface area contributed by atoms with Gasteiger partial charge in [0, 0.05) is 13.1 Å². The van der Waals surface area contributed by atoms with Gasteiger partial charge in [-0.1, -0.05) is 31.9 Å². The fraction of sp³-hybridized carbons (Fsp3) is 0.667. The SMILES string of the molecule is CCN(CC)c1ncnc2c1ncn2[C@@H]1O[C@H](COP(=O)([O-])OP(=O)([O-])C(Br)(Br)P(=O)([O-])O)[C@@H](O)[C@@H]1O.[Na+].[Na+].[Na+]. The zero-order valence-corrected chi connectivity index (χ0v) is 33.8. The number of aliphatic hydroxyl groups excluding tert-OH is 2. The maximum atomic E-state index is 12.1. The number of fused-ring (bicyclic) bond motifs is 1. The zero-order valence-electron chi connectivity index (χ0n) is 21.9. The minimum Gasteiger partial charge on any atom is -0.777 e. The second-order valence-corrected chi connectivity index (χ2v) is 19.0. The molecule has 25 heteroatoms. The Labute approximate surface area is 311 Å². The molecule has 3 N–H and O–H groups in total. The molecule has 7 atom stereocenters. The summed E-state index contributed by atoms with van der Waals surface area (Å²) in [4.78, 5) is 59.0. The van der Waals surface area contributed by atoms with Crippen LogP contribution < -0.4 is 108 Å². The molecule has 17 nitrogen and oxygen atoms in total. The molecule has 40 heavy (non-hydrogen) atoms. The molecule has 0 spiro atoms. The van der Waals surface area contributed by atoms with Gasteiger partial charge in [-0.3, -0.25) is 13.4 Å². The molecule has 0 saturated carbocycles. The molecule has 0 aromatic carbocycles. The van der Waals surface area contributed by atoms with Crippen LogP contribution in [0.4, 0.5) is 5.82 Å². The Hall–Kier alpha value is 2.64. The first-order valence-corrected chi connectivity index (χ1v) is 16.5. The van der Waals surface area contributed by atoms with E-state index >= 15 is 0 Å². The second-order valence-electron chi connectivity index (χ2n) is 7.59. The normalized spacial score (nSPS) is 25.4. The zero-order chi connectivity index (χ0) is 28.0. The van der Waals surface area contributed by atoms with E-state index in [2.05, 4.69) is 55.6 Å². The van der Waals surface area contributed by atoms with Gasteiger partial charge in [-0.2, -0.15) is 0 Å². The Morgan fingerprint density at radius 1 is 1.07 bits per heavy atom. The van der Waals surface area contributed by atoms with Crippen LogP contribution in [0.3, 0.4) is 0 Å². The molecule has 2 aromatic rings. The van der Waals surface area contributed by atoms with Gasteiger partial charge in [0.05, 0.1) is 12.9 Å². The number of aromatic nitrogens is 4. The number of aliphatic hydroxyl groups is 2. The summed E-state index contributed by atoms with van der Waals surface area (Å²) in [7, 11) is -17.5. The number of anilines is 1. The number of phosphoric acid groups is 1. The molecule has 2 aromatic heterocycles. The van der Waals surface area contributed by atoms with Gasteiger partial charge in [0.2, 0.25) is 2.72 Å². The molecular weight excluding hydrogens is 764 g/mol. The van der Waals surface area contributed by atoms with E-state index in [1.165, 1.54) is 17.2 Å². The monoisotopic (exact) mass is 783 g/mol. The van der Waals surface area contributed by atoms with E-state index in [-0.39, 0.29) is 94.3 Å². The van der Waals surface area contributed by atoms with Crippen molar-refractivity contribution in [3.63, 3.8) is 0 Å². The van der Waals surface area contributed by atoms with Crippen LogP contribution in [-0.4, -0.2) is 75.3 Å². The maximum absolute atomic E-state index is 12.1. The van der Waals surface area contributed by atoms with Crippen LogP contribution >= 0.6 is 54.9 Å². The average molecular weight is 785 g/mol. The van der Waals surface area contributed by atoms with Gasteiger partial charge in [-0.05, 0) is 13.8 Å². The Balaban J connectivity index is 0.00000507. The van der Waals surface area contributed by atoms with Crippen LogP contribution in [0.25, 0.3) is 11.2 Å². The van der Waals surface area contributed by atoms with Gasteiger partial charge in [0.25, 0.3) is 7.82 Å². The topological polar surface area (TPSA) is 256 Å².